The summed E-state index contributed by atoms with van der Waals surface area (Å²) in [5.74, 6) is 0. The molecule has 0 heterocycles. The topological polar surface area (TPSA) is 24.4 Å². The summed E-state index contributed by atoms with van der Waals surface area (Å²) in [6.45, 7) is 0. The summed E-state index contributed by atoms with van der Waals surface area (Å²) >= 11 is 3.34. The number of hydrogen-bond donors (Lipinski definition) is 1. The van der Waals surface area contributed by atoms with Crippen molar-refractivity contribution >= 4 is 39.2 Å². The standard InChI is InChI=1S/C23H15BrF6N2/c24-18-7-1-15(2-8-18)21(32-20-11-5-17(6-12-20)23(28,29)30)13-14-31-19-9-3-16(4-10-19)22(25,26)27/h1-14,32H. The molecule has 0 fully saturated rings. The van der Waals surface area contributed by atoms with E-state index in [1.165, 1.54) is 30.5 Å². The SMILES string of the molecule is FC(F)(F)c1ccc(N=CC=C(Nc2ccc(C(F)(F)F)cc2)c2ccc(Br)cc2)cc1. The maximum absolute atomic E-state index is 12.8. The van der Waals surface area contributed by atoms with Gasteiger partial charge in [-0.2, -0.15) is 26.3 Å². The average molecular weight is 513 g/mol. The number of nitrogens with one attached hydrogen (secondary N) is 1. The zero-order valence-corrected chi connectivity index (χ0v) is 17.8. The number of aliphatic imine (C=N–C) groups is 1. The van der Waals surface area contributed by atoms with Crippen molar-refractivity contribution in [3.63, 3.8) is 0 Å². The first kappa shape index (κ1) is 23.6. The average Bonchev–Trinajstić information content (AvgIpc) is 2.73. The summed E-state index contributed by atoms with van der Waals surface area (Å²) in [4.78, 5) is 4.13. The minimum Gasteiger partial charge on any atom is -0.355 e. The molecule has 0 aliphatic rings. The molecule has 166 valence electrons. The maximum Gasteiger partial charge on any atom is 0.416 e. The highest BCUT2D eigenvalue weighted by molar-refractivity contribution is 9.10. The fraction of sp³-hybridized carbons (Fsp3) is 0.0870. The van der Waals surface area contributed by atoms with Crippen molar-refractivity contribution < 1.29 is 26.3 Å². The second-order valence-corrected chi connectivity index (χ2v) is 7.53. The minimum absolute atomic E-state index is 0.318. The molecule has 0 unspecified atom stereocenters. The first-order valence-electron chi connectivity index (χ1n) is 9.14. The van der Waals surface area contributed by atoms with Gasteiger partial charge in [0.2, 0.25) is 0 Å². The molecule has 1 N–H and O–H groups in total. The number of nitrogens with zero attached hydrogens (tertiary/aromatic N) is 1. The maximum atomic E-state index is 12.8. The van der Waals surface area contributed by atoms with E-state index in [1.54, 1.807) is 30.3 Å². The Labute approximate surface area is 188 Å². The van der Waals surface area contributed by atoms with Crippen LogP contribution in [0.5, 0.6) is 0 Å². The number of allylic oxidation sites excluding steroid dienone is 1. The Bertz CT molecular complexity index is 1100. The Balaban J connectivity index is 1.85. The van der Waals surface area contributed by atoms with Gasteiger partial charge < -0.3 is 5.32 Å². The van der Waals surface area contributed by atoms with Crippen molar-refractivity contribution in [3.05, 3.63) is 100 Å². The van der Waals surface area contributed by atoms with E-state index in [4.69, 9.17) is 0 Å². The van der Waals surface area contributed by atoms with E-state index < -0.39 is 23.5 Å². The molecule has 0 aliphatic carbocycles. The number of hydrogen-bond acceptors (Lipinski definition) is 2. The molecule has 3 rings (SSSR count). The van der Waals surface area contributed by atoms with Crippen molar-refractivity contribution in [1.82, 2.24) is 0 Å². The molecule has 2 nitrogen and oxygen atoms in total. The van der Waals surface area contributed by atoms with E-state index >= 15 is 0 Å². The second-order valence-electron chi connectivity index (χ2n) is 6.61. The predicted molar refractivity (Wildman–Crippen MR) is 117 cm³/mol. The Morgan fingerprint density at radius 2 is 1.22 bits per heavy atom. The van der Waals surface area contributed by atoms with Crippen LogP contribution in [-0.2, 0) is 12.4 Å². The molecule has 0 aromatic heterocycles. The van der Waals surface area contributed by atoms with Gasteiger partial charge in [-0.05, 0) is 72.3 Å². The van der Waals surface area contributed by atoms with Crippen molar-refractivity contribution in [3.8, 4) is 0 Å². The molecule has 0 aliphatic heterocycles. The van der Waals surface area contributed by atoms with E-state index in [0.29, 0.717) is 17.1 Å². The van der Waals surface area contributed by atoms with Crippen molar-refractivity contribution in [2.45, 2.75) is 12.4 Å². The van der Waals surface area contributed by atoms with Crippen LogP contribution in [0.25, 0.3) is 5.70 Å². The monoisotopic (exact) mass is 512 g/mol. The number of halogens is 7. The Hall–Kier alpha value is -3.07. The molecule has 0 saturated carbocycles. The summed E-state index contributed by atoms with van der Waals surface area (Å²) in [6, 6.07) is 16.1. The fourth-order valence-electron chi connectivity index (χ4n) is 2.67. The van der Waals surface area contributed by atoms with Crippen LogP contribution in [0.1, 0.15) is 16.7 Å². The van der Waals surface area contributed by atoms with E-state index in [-0.39, 0.29) is 0 Å². The summed E-state index contributed by atoms with van der Waals surface area (Å²) in [5.41, 5.74) is 0.474. The highest BCUT2D eigenvalue weighted by Gasteiger charge is 2.30. The molecule has 32 heavy (non-hydrogen) atoms. The molecular formula is C23H15BrF6N2. The summed E-state index contributed by atoms with van der Waals surface area (Å²) in [5, 5.41) is 3.05. The van der Waals surface area contributed by atoms with Crippen LogP contribution in [0, 0.1) is 0 Å². The molecule has 0 atom stereocenters. The highest BCUT2D eigenvalue weighted by Crippen LogP contribution is 2.31. The third-order valence-electron chi connectivity index (χ3n) is 4.31. The van der Waals surface area contributed by atoms with Crippen LogP contribution < -0.4 is 5.32 Å². The van der Waals surface area contributed by atoms with Gasteiger partial charge in [-0.1, -0.05) is 28.1 Å². The predicted octanol–water partition coefficient (Wildman–Crippen LogP) is 8.34. The Morgan fingerprint density at radius 1 is 0.719 bits per heavy atom. The van der Waals surface area contributed by atoms with Crippen LogP contribution >= 0.6 is 15.9 Å². The lowest BCUT2D eigenvalue weighted by atomic mass is 10.1. The van der Waals surface area contributed by atoms with E-state index in [9.17, 15) is 26.3 Å². The van der Waals surface area contributed by atoms with Gasteiger partial charge in [0.1, 0.15) is 0 Å². The van der Waals surface area contributed by atoms with Crippen molar-refractivity contribution in [1.29, 1.82) is 0 Å². The molecular weight excluding hydrogens is 498 g/mol. The van der Waals surface area contributed by atoms with Crippen LogP contribution in [0.4, 0.5) is 37.7 Å². The summed E-state index contributed by atoms with van der Waals surface area (Å²) < 4.78 is 77.2. The Morgan fingerprint density at radius 3 is 1.72 bits per heavy atom. The molecule has 0 spiro atoms. The number of anilines is 1. The first-order chi connectivity index (χ1) is 15.0. The summed E-state index contributed by atoms with van der Waals surface area (Å²) in [6.07, 6.45) is -5.88. The van der Waals surface area contributed by atoms with Crippen molar-refractivity contribution in [2.24, 2.45) is 4.99 Å². The number of alkyl halides is 6. The van der Waals surface area contributed by atoms with Gasteiger partial charge in [0.25, 0.3) is 0 Å². The minimum atomic E-state index is -4.43. The van der Waals surface area contributed by atoms with Crippen LogP contribution in [0.15, 0.2) is 88.3 Å². The van der Waals surface area contributed by atoms with Crippen LogP contribution in [-0.4, -0.2) is 6.21 Å². The van der Waals surface area contributed by atoms with Crippen LogP contribution in [0.3, 0.4) is 0 Å². The molecule has 3 aromatic rings. The number of rotatable bonds is 5. The van der Waals surface area contributed by atoms with Gasteiger partial charge in [0, 0.05) is 22.1 Å². The van der Waals surface area contributed by atoms with Crippen LogP contribution in [0.2, 0.25) is 0 Å². The van der Waals surface area contributed by atoms with E-state index in [0.717, 1.165) is 34.3 Å². The van der Waals surface area contributed by atoms with Gasteiger partial charge in [0.15, 0.2) is 0 Å². The van der Waals surface area contributed by atoms with Gasteiger partial charge in [0.05, 0.1) is 16.8 Å². The lowest BCUT2D eigenvalue weighted by molar-refractivity contribution is -0.138. The molecule has 0 amide bonds. The highest BCUT2D eigenvalue weighted by atomic mass is 79.9. The fourth-order valence-corrected chi connectivity index (χ4v) is 2.94. The lowest BCUT2D eigenvalue weighted by Gasteiger charge is -2.13. The molecule has 0 saturated heterocycles. The second kappa shape index (κ2) is 9.60. The van der Waals surface area contributed by atoms with Gasteiger partial charge in [-0.15, -0.1) is 0 Å². The lowest BCUT2D eigenvalue weighted by Crippen LogP contribution is -2.05. The third kappa shape index (κ3) is 6.46. The molecule has 3 aromatic carbocycles. The Kier molecular flexibility index (Phi) is 7.08. The van der Waals surface area contributed by atoms with Gasteiger partial charge in [-0.3, -0.25) is 4.99 Å². The largest absolute Gasteiger partial charge is 0.416 e. The quantitative estimate of drug-likeness (QED) is 0.269. The van der Waals surface area contributed by atoms with Crippen molar-refractivity contribution in [2.75, 3.05) is 5.32 Å². The zero-order valence-electron chi connectivity index (χ0n) is 16.2. The third-order valence-corrected chi connectivity index (χ3v) is 4.83. The number of benzene rings is 3. The molecule has 0 radical (unpaired) electrons. The van der Waals surface area contributed by atoms with Gasteiger partial charge in [-0.25, -0.2) is 0 Å². The molecule has 0 bridgehead atoms. The summed E-state index contributed by atoms with van der Waals surface area (Å²) in [7, 11) is 0. The van der Waals surface area contributed by atoms with E-state index in [2.05, 4.69) is 26.2 Å². The van der Waals surface area contributed by atoms with E-state index in [1.807, 2.05) is 0 Å². The first-order valence-corrected chi connectivity index (χ1v) is 9.93. The smallest absolute Gasteiger partial charge is 0.355 e. The van der Waals surface area contributed by atoms with Gasteiger partial charge >= 0.3 is 12.4 Å². The molecule has 9 heteroatoms. The zero-order chi connectivity index (χ0) is 23.4. The normalized spacial score (nSPS) is 12.9.